The van der Waals surface area contributed by atoms with E-state index in [-0.39, 0.29) is 10.4 Å². The van der Waals surface area contributed by atoms with Crippen LogP contribution in [0.3, 0.4) is 0 Å². The molecule has 1 heterocycles. The van der Waals surface area contributed by atoms with Gasteiger partial charge in [0.15, 0.2) is 0 Å². The first kappa shape index (κ1) is 13.2. The van der Waals surface area contributed by atoms with Crippen molar-refractivity contribution in [3.63, 3.8) is 0 Å². The average Bonchev–Trinajstić information content (AvgIpc) is 2.32. The van der Waals surface area contributed by atoms with Crippen molar-refractivity contribution in [2.75, 3.05) is 12.5 Å². The summed E-state index contributed by atoms with van der Waals surface area (Å²) < 4.78 is 5.96. The number of phenols is 1. The van der Waals surface area contributed by atoms with Gasteiger partial charge in [0.25, 0.3) is 0 Å². The highest BCUT2D eigenvalue weighted by Crippen LogP contribution is 2.44. The van der Waals surface area contributed by atoms with Gasteiger partial charge in [-0.05, 0) is 43.0 Å². The standard InChI is InChI=1S/C13H16BrClO2/c1-13(5-2-6-15)11-4-3-9(16)7-10(11)12(14)8-17-13/h3-4,7,12,16H,2,5-6,8H2,1H3. The van der Waals surface area contributed by atoms with Crippen LogP contribution in [0.5, 0.6) is 5.75 Å². The van der Waals surface area contributed by atoms with Crippen LogP contribution in [0.2, 0.25) is 0 Å². The molecule has 0 saturated heterocycles. The Kier molecular flexibility index (Phi) is 4.01. The predicted molar refractivity (Wildman–Crippen MR) is 73.0 cm³/mol. The van der Waals surface area contributed by atoms with E-state index < -0.39 is 0 Å². The maximum absolute atomic E-state index is 9.57. The minimum atomic E-state index is -0.289. The minimum Gasteiger partial charge on any atom is -0.508 e. The normalized spacial score (nSPS) is 27.8. The van der Waals surface area contributed by atoms with Gasteiger partial charge >= 0.3 is 0 Å². The molecule has 2 atom stereocenters. The Morgan fingerprint density at radius 1 is 1.59 bits per heavy atom. The highest BCUT2D eigenvalue weighted by molar-refractivity contribution is 9.09. The van der Waals surface area contributed by atoms with Crippen molar-refractivity contribution in [1.82, 2.24) is 0 Å². The first-order valence-corrected chi connectivity index (χ1v) is 7.19. The number of halogens is 2. The maximum atomic E-state index is 9.57. The van der Waals surface area contributed by atoms with Crippen molar-refractivity contribution in [2.24, 2.45) is 0 Å². The molecule has 2 unspecified atom stereocenters. The van der Waals surface area contributed by atoms with Crippen LogP contribution in [0.1, 0.15) is 35.7 Å². The number of fused-ring (bicyclic) bond motifs is 1. The van der Waals surface area contributed by atoms with E-state index in [2.05, 4.69) is 22.9 Å². The van der Waals surface area contributed by atoms with Crippen molar-refractivity contribution < 1.29 is 9.84 Å². The van der Waals surface area contributed by atoms with Gasteiger partial charge in [0.1, 0.15) is 5.75 Å². The lowest BCUT2D eigenvalue weighted by Gasteiger charge is -2.38. The summed E-state index contributed by atoms with van der Waals surface area (Å²) in [4.78, 5) is 0.147. The Morgan fingerprint density at radius 3 is 3.06 bits per heavy atom. The van der Waals surface area contributed by atoms with Crippen molar-refractivity contribution in [1.29, 1.82) is 0 Å². The van der Waals surface area contributed by atoms with E-state index in [4.69, 9.17) is 16.3 Å². The van der Waals surface area contributed by atoms with Crippen LogP contribution in [-0.4, -0.2) is 17.6 Å². The van der Waals surface area contributed by atoms with Gasteiger partial charge in [-0.2, -0.15) is 0 Å². The molecule has 2 nitrogen and oxygen atoms in total. The summed E-state index contributed by atoms with van der Waals surface area (Å²) in [6, 6.07) is 5.48. The van der Waals surface area contributed by atoms with Gasteiger partial charge in [-0.3, -0.25) is 0 Å². The number of hydrogen-bond acceptors (Lipinski definition) is 2. The molecule has 0 fully saturated rings. The second-order valence-corrected chi connectivity index (χ2v) is 6.06. The van der Waals surface area contributed by atoms with Crippen LogP contribution < -0.4 is 0 Å². The third kappa shape index (κ3) is 2.61. The fourth-order valence-corrected chi connectivity index (χ4v) is 2.97. The molecule has 1 aromatic rings. The van der Waals surface area contributed by atoms with Crippen LogP contribution >= 0.6 is 27.5 Å². The molecule has 0 bridgehead atoms. The van der Waals surface area contributed by atoms with Gasteiger partial charge in [-0.1, -0.05) is 22.0 Å². The third-order valence-electron chi connectivity index (χ3n) is 3.28. The topological polar surface area (TPSA) is 29.5 Å². The van der Waals surface area contributed by atoms with E-state index in [1.807, 2.05) is 12.1 Å². The molecule has 4 heteroatoms. The van der Waals surface area contributed by atoms with E-state index in [1.165, 1.54) is 0 Å². The lowest BCUT2D eigenvalue weighted by atomic mass is 9.84. The summed E-state index contributed by atoms with van der Waals surface area (Å²) in [5.74, 6) is 0.944. The van der Waals surface area contributed by atoms with E-state index in [0.717, 1.165) is 24.0 Å². The van der Waals surface area contributed by atoms with Gasteiger partial charge in [-0.25, -0.2) is 0 Å². The Bertz CT molecular complexity index is 410. The molecule has 0 aliphatic carbocycles. The molecular formula is C13H16BrClO2. The van der Waals surface area contributed by atoms with Crippen LogP contribution in [0, 0.1) is 0 Å². The highest BCUT2D eigenvalue weighted by Gasteiger charge is 2.36. The SMILES string of the molecule is CC1(CCCCl)OCC(Br)c2cc(O)ccc21. The smallest absolute Gasteiger partial charge is 0.115 e. The van der Waals surface area contributed by atoms with Gasteiger partial charge in [0.2, 0.25) is 0 Å². The number of ether oxygens (including phenoxy) is 1. The van der Waals surface area contributed by atoms with Crippen LogP contribution in [0.4, 0.5) is 0 Å². The first-order chi connectivity index (χ1) is 8.07. The van der Waals surface area contributed by atoms with Crippen LogP contribution in [0.15, 0.2) is 18.2 Å². The summed E-state index contributed by atoms with van der Waals surface area (Å²) >= 11 is 9.34. The molecule has 1 N–H and O–H groups in total. The maximum Gasteiger partial charge on any atom is 0.115 e. The van der Waals surface area contributed by atoms with Crippen molar-refractivity contribution in [3.05, 3.63) is 29.3 Å². The van der Waals surface area contributed by atoms with Crippen molar-refractivity contribution in [2.45, 2.75) is 30.2 Å². The minimum absolute atomic E-state index is 0.147. The van der Waals surface area contributed by atoms with Crippen molar-refractivity contribution >= 4 is 27.5 Å². The summed E-state index contributed by atoms with van der Waals surface area (Å²) in [5.41, 5.74) is 1.98. The van der Waals surface area contributed by atoms with E-state index in [0.29, 0.717) is 18.2 Å². The van der Waals surface area contributed by atoms with E-state index in [1.54, 1.807) is 6.07 Å². The average molecular weight is 320 g/mol. The summed E-state index contributed by atoms with van der Waals surface area (Å²) in [7, 11) is 0. The summed E-state index contributed by atoms with van der Waals surface area (Å²) in [6.45, 7) is 2.71. The van der Waals surface area contributed by atoms with E-state index in [9.17, 15) is 5.11 Å². The Morgan fingerprint density at radius 2 is 2.35 bits per heavy atom. The largest absolute Gasteiger partial charge is 0.508 e. The third-order valence-corrected chi connectivity index (χ3v) is 4.30. The fraction of sp³-hybridized carbons (Fsp3) is 0.538. The zero-order chi connectivity index (χ0) is 12.5. The van der Waals surface area contributed by atoms with Crippen LogP contribution in [0.25, 0.3) is 0 Å². The number of hydrogen-bond donors (Lipinski definition) is 1. The fourth-order valence-electron chi connectivity index (χ4n) is 2.33. The summed E-state index contributed by atoms with van der Waals surface area (Å²) in [5, 5.41) is 9.57. The molecule has 17 heavy (non-hydrogen) atoms. The Hall–Kier alpha value is -0.250. The molecule has 1 aromatic carbocycles. The van der Waals surface area contributed by atoms with Gasteiger partial charge in [0.05, 0.1) is 17.0 Å². The van der Waals surface area contributed by atoms with Gasteiger partial charge in [-0.15, -0.1) is 11.6 Å². The lowest BCUT2D eigenvalue weighted by molar-refractivity contribution is -0.0530. The summed E-state index contributed by atoms with van der Waals surface area (Å²) in [6.07, 6.45) is 1.82. The molecule has 1 aliphatic heterocycles. The van der Waals surface area contributed by atoms with Gasteiger partial charge in [0, 0.05) is 5.88 Å². The van der Waals surface area contributed by atoms with Crippen LogP contribution in [-0.2, 0) is 10.3 Å². The predicted octanol–water partition coefficient (Wildman–Crippen LogP) is 4.09. The number of phenolic OH excluding ortho intramolecular Hbond substituents is 1. The van der Waals surface area contributed by atoms with E-state index >= 15 is 0 Å². The zero-order valence-electron chi connectivity index (χ0n) is 9.75. The molecule has 0 amide bonds. The quantitative estimate of drug-likeness (QED) is 0.850. The number of benzene rings is 1. The Labute approximate surface area is 115 Å². The monoisotopic (exact) mass is 318 g/mol. The van der Waals surface area contributed by atoms with Gasteiger partial charge < -0.3 is 9.84 Å². The molecular weight excluding hydrogens is 303 g/mol. The molecule has 0 aromatic heterocycles. The molecule has 2 rings (SSSR count). The first-order valence-electron chi connectivity index (χ1n) is 5.74. The molecule has 0 saturated carbocycles. The van der Waals surface area contributed by atoms with Crippen molar-refractivity contribution in [3.8, 4) is 5.75 Å². The Balaban J connectivity index is 2.38. The number of rotatable bonds is 3. The number of alkyl halides is 2. The zero-order valence-corrected chi connectivity index (χ0v) is 12.1. The number of aromatic hydroxyl groups is 1. The molecule has 0 spiro atoms. The lowest BCUT2D eigenvalue weighted by Crippen LogP contribution is -2.33. The second kappa shape index (κ2) is 5.17. The molecule has 1 aliphatic rings. The second-order valence-electron chi connectivity index (χ2n) is 4.57. The molecule has 94 valence electrons. The molecule has 0 radical (unpaired) electrons. The highest BCUT2D eigenvalue weighted by atomic mass is 79.9.